The molecule has 0 saturated carbocycles. The second-order valence-electron chi connectivity index (χ2n) is 8.12. The molecule has 0 aliphatic rings. The largest absolute Gasteiger partial charge is 0.476 e. The smallest absolute Gasteiger partial charge is 0.416 e. The Morgan fingerprint density at radius 1 is 1.03 bits per heavy atom. The molecule has 0 spiro atoms. The van der Waals surface area contributed by atoms with Gasteiger partial charge in [-0.1, -0.05) is 40.9 Å². The number of alkyl halides is 3. The summed E-state index contributed by atoms with van der Waals surface area (Å²) in [7, 11) is 0. The Hall–Kier alpha value is -3.52. The van der Waals surface area contributed by atoms with Gasteiger partial charge >= 0.3 is 11.9 Å². The number of hydrogen-bond acceptors (Lipinski definition) is 6. The SMILES string of the molecule is CC(Oc1cc(Oc2ccc(C(F)(F)F)cc2Cl)ccc1[N+](=O)[O-])C(=O)C(C)(C#N)c1ccc(Cl)cc1Cl. The second kappa shape index (κ2) is 11.1. The quantitative estimate of drug-likeness (QED) is 0.194. The maximum absolute atomic E-state index is 13.3. The number of nitrogens with zero attached hydrogens (tertiary/aromatic N) is 2. The van der Waals surface area contributed by atoms with Crippen LogP contribution in [0.15, 0.2) is 54.6 Å². The zero-order valence-corrected chi connectivity index (χ0v) is 21.7. The molecule has 0 bridgehead atoms. The Morgan fingerprint density at radius 3 is 2.26 bits per heavy atom. The van der Waals surface area contributed by atoms with Crippen LogP contribution in [0.1, 0.15) is 25.0 Å². The van der Waals surface area contributed by atoms with E-state index in [4.69, 9.17) is 44.3 Å². The van der Waals surface area contributed by atoms with E-state index in [9.17, 15) is 33.3 Å². The van der Waals surface area contributed by atoms with E-state index in [2.05, 4.69) is 0 Å². The lowest BCUT2D eigenvalue weighted by atomic mass is 9.78. The van der Waals surface area contributed by atoms with Crippen LogP contribution in [0.4, 0.5) is 18.9 Å². The van der Waals surface area contributed by atoms with Gasteiger partial charge in [0.25, 0.3) is 0 Å². The Morgan fingerprint density at radius 2 is 1.71 bits per heavy atom. The third-order valence-electron chi connectivity index (χ3n) is 5.47. The summed E-state index contributed by atoms with van der Waals surface area (Å²) in [4.78, 5) is 24.1. The second-order valence-corrected chi connectivity index (χ2v) is 9.37. The highest BCUT2D eigenvalue weighted by atomic mass is 35.5. The summed E-state index contributed by atoms with van der Waals surface area (Å²) in [5, 5.41) is 21.4. The molecule has 3 aromatic carbocycles. The van der Waals surface area contributed by atoms with Crippen molar-refractivity contribution in [2.24, 2.45) is 0 Å². The molecule has 7 nitrogen and oxygen atoms in total. The molecule has 2 atom stereocenters. The molecule has 0 amide bonds. The Labute approximate surface area is 229 Å². The van der Waals surface area contributed by atoms with E-state index in [0.717, 1.165) is 24.3 Å². The number of nitro benzene ring substituents is 1. The molecule has 3 rings (SSSR count). The molecule has 0 aromatic heterocycles. The monoisotopic (exact) mass is 586 g/mol. The number of hydrogen-bond donors (Lipinski definition) is 0. The fourth-order valence-corrected chi connectivity index (χ4v) is 4.30. The lowest BCUT2D eigenvalue weighted by Crippen LogP contribution is -2.41. The topological polar surface area (TPSA) is 102 Å². The first-order chi connectivity index (χ1) is 17.7. The Bertz CT molecular complexity index is 1460. The zero-order chi connectivity index (χ0) is 28.4. The first-order valence-corrected chi connectivity index (χ1v) is 11.7. The first-order valence-electron chi connectivity index (χ1n) is 10.6. The van der Waals surface area contributed by atoms with Crippen molar-refractivity contribution in [3.05, 3.63) is 90.9 Å². The number of halogens is 6. The zero-order valence-electron chi connectivity index (χ0n) is 19.5. The van der Waals surface area contributed by atoms with Gasteiger partial charge in [-0.25, -0.2) is 0 Å². The standard InChI is InChI=1S/C25H16Cl3F3N2O5/c1-13(23(34)24(2,12-32)17-6-4-15(26)10-18(17)27)37-22-11-16(5-7-20(22)33(35)36)38-21-8-3-14(9-19(21)28)25(29,30)31/h3-11,13H,1-2H3. The Kier molecular flexibility index (Phi) is 8.46. The third kappa shape index (κ3) is 6.13. The Balaban J connectivity index is 1.92. The molecule has 0 N–H and O–H groups in total. The van der Waals surface area contributed by atoms with Crippen LogP contribution in [0.2, 0.25) is 15.1 Å². The predicted molar refractivity (Wildman–Crippen MR) is 134 cm³/mol. The number of ether oxygens (including phenoxy) is 2. The minimum Gasteiger partial charge on any atom is -0.476 e. The van der Waals surface area contributed by atoms with Crippen molar-refractivity contribution in [3.63, 3.8) is 0 Å². The number of nitro groups is 1. The summed E-state index contributed by atoms with van der Waals surface area (Å²) in [5.41, 5.74) is -3.15. The van der Waals surface area contributed by atoms with Gasteiger partial charge in [-0.05, 0) is 55.8 Å². The van der Waals surface area contributed by atoms with Gasteiger partial charge in [0.2, 0.25) is 5.75 Å². The fourth-order valence-electron chi connectivity index (χ4n) is 3.48. The maximum atomic E-state index is 13.3. The lowest BCUT2D eigenvalue weighted by Gasteiger charge is -2.25. The minimum atomic E-state index is -4.62. The lowest BCUT2D eigenvalue weighted by molar-refractivity contribution is -0.386. The van der Waals surface area contributed by atoms with Gasteiger partial charge in [0.05, 0.1) is 21.6 Å². The molecule has 0 saturated heterocycles. The van der Waals surface area contributed by atoms with Gasteiger partial charge in [-0.3, -0.25) is 14.9 Å². The highest BCUT2D eigenvalue weighted by Gasteiger charge is 2.41. The highest BCUT2D eigenvalue weighted by Crippen LogP contribution is 2.40. The molecule has 38 heavy (non-hydrogen) atoms. The molecule has 3 aromatic rings. The molecular formula is C25H16Cl3F3N2O5. The van der Waals surface area contributed by atoms with E-state index in [1.165, 1.54) is 38.1 Å². The van der Waals surface area contributed by atoms with Gasteiger partial charge in [0.1, 0.15) is 16.9 Å². The molecule has 0 fully saturated rings. The fraction of sp³-hybridized carbons (Fsp3) is 0.200. The van der Waals surface area contributed by atoms with Crippen LogP contribution in [0.3, 0.4) is 0 Å². The van der Waals surface area contributed by atoms with E-state index < -0.39 is 39.7 Å². The number of Topliss-reactive ketones (excluding diaryl/α,β-unsaturated/α-hetero) is 1. The minimum absolute atomic E-state index is 0.0666. The average molecular weight is 588 g/mol. The van der Waals surface area contributed by atoms with Gasteiger partial charge in [-0.2, -0.15) is 18.4 Å². The summed E-state index contributed by atoms with van der Waals surface area (Å²) >= 11 is 18.0. The molecule has 198 valence electrons. The van der Waals surface area contributed by atoms with Gasteiger partial charge in [0.15, 0.2) is 11.9 Å². The molecule has 2 unspecified atom stereocenters. The van der Waals surface area contributed by atoms with Gasteiger partial charge in [0, 0.05) is 22.2 Å². The van der Waals surface area contributed by atoms with Crippen LogP contribution < -0.4 is 9.47 Å². The molecule has 0 heterocycles. The normalized spacial score (nSPS) is 13.7. The number of benzene rings is 3. The first kappa shape index (κ1) is 29.0. The highest BCUT2D eigenvalue weighted by molar-refractivity contribution is 6.35. The van der Waals surface area contributed by atoms with Crippen molar-refractivity contribution in [2.45, 2.75) is 31.5 Å². The summed E-state index contributed by atoms with van der Waals surface area (Å²) in [5.74, 6) is -1.37. The summed E-state index contributed by atoms with van der Waals surface area (Å²) in [6, 6.07) is 11.9. The van der Waals surface area contributed by atoms with Crippen molar-refractivity contribution in [3.8, 4) is 23.3 Å². The molecule has 0 aliphatic heterocycles. The summed E-state index contributed by atoms with van der Waals surface area (Å²) < 4.78 is 49.8. The number of nitriles is 1. The van der Waals surface area contributed by atoms with E-state index in [1.54, 1.807) is 0 Å². The molecule has 13 heteroatoms. The van der Waals surface area contributed by atoms with Crippen LogP contribution in [0, 0.1) is 21.4 Å². The van der Waals surface area contributed by atoms with Crippen LogP contribution in [-0.2, 0) is 16.4 Å². The van der Waals surface area contributed by atoms with Crippen LogP contribution in [0.5, 0.6) is 17.2 Å². The summed E-state index contributed by atoms with van der Waals surface area (Å²) in [6.07, 6.45) is -6.00. The molecular weight excluding hydrogens is 572 g/mol. The van der Waals surface area contributed by atoms with Crippen LogP contribution in [0.25, 0.3) is 0 Å². The van der Waals surface area contributed by atoms with Crippen molar-refractivity contribution in [1.82, 2.24) is 0 Å². The van der Waals surface area contributed by atoms with Crippen molar-refractivity contribution in [1.29, 1.82) is 5.26 Å². The van der Waals surface area contributed by atoms with Crippen molar-refractivity contribution < 1.29 is 32.4 Å². The average Bonchev–Trinajstić information content (AvgIpc) is 2.83. The predicted octanol–water partition coefficient (Wildman–Crippen LogP) is 8.18. The van der Waals surface area contributed by atoms with E-state index in [-0.39, 0.29) is 37.9 Å². The number of carbonyl (C=O) groups is 1. The molecule has 0 radical (unpaired) electrons. The van der Waals surface area contributed by atoms with Crippen molar-refractivity contribution >= 4 is 46.3 Å². The number of rotatable bonds is 8. The van der Waals surface area contributed by atoms with E-state index in [1.807, 2.05) is 6.07 Å². The van der Waals surface area contributed by atoms with Gasteiger partial charge < -0.3 is 9.47 Å². The maximum Gasteiger partial charge on any atom is 0.416 e. The van der Waals surface area contributed by atoms with E-state index in [0.29, 0.717) is 6.07 Å². The summed E-state index contributed by atoms with van der Waals surface area (Å²) in [6.45, 7) is 2.62. The number of ketones is 1. The third-order valence-corrected chi connectivity index (χ3v) is 6.32. The van der Waals surface area contributed by atoms with E-state index >= 15 is 0 Å². The number of carbonyl (C=O) groups excluding carboxylic acids is 1. The van der Waals surface area contributed by atoms with Crippen LogP contribution in [-0.4, -0.2) is 16.8 Å². The molecule has 0 aliphatic carbocycles. The van der Waals surface area contributed by atoms with Crippen LogP contribution >= 0.6 is 34.8 Å². The van der Waals surface area contributed by atoms with Gasteiger partial charge in [-0.15, -0.1) is 0 Å². The van der Waals surface area contributed by atoms with Crippen molar-refractivity contribution in [2.75, 3.05) is 0 Å².